The third kappa shape index (κ3) is 2.18. The van der Waals surface area contributed by atoms with Gasteiger partial charge in [0.25, 0.3) is 0 Å². The van der Waals surface area contributed by atoms with E-state index in [1.165, 1.54) is 11.1 Å². The lowest BCUT2D eigenvalue weighted by Crippen LogP contribution is -2.14. The lowest BCUT2D eigenvalue weighted by atomic mass is 9.91. The molecule has 1 nitrogen and oxygen atoms in total. The van der Waals surface area contributed by atoms with Crippen LogP contribution in [0, 0.1) is 5.41 Å². The first-order chi connectivity index (χ1) is 7.53. The average molecular weight is 216 g/mol. The quantitative estimate of drug-likeness (QED) is 0.749. The van der Waals surface area contributed by atoms with Crippen molar-refractivity contribution in [1.82, 2.24) is 0 Å². The zero-order valence-corrected chi connectivity index (χ0v) is 10.4. The summed E-state index contributed by atoms with van der Waals surface area (Å²) in [4.78, 5) is 11.5. The summed E-state index contributed by atoms with van der Waals surface area (Å²) in [7, 11) is 0. The molecule has 0 heterocycles. The van der Waals surface area contributed by atoms with Crippen LogP contribution in [0.2, 0.25) is 0 Å². The molecule has 2 rings (SSSR count). The zero-order chi connectivity index (χ0) is 11.8. The number of benzene rings is 1. The molecule has 0 aliphatic heterocycles. The molecule has 0 unspecified atom stereocenters. The number of ketones is 1. The maximum Gasteiger partial charge on any atom is 0.136 e. The van der Waals surface area contributed by atoms with Crippen LogP contribution < -0.4 is 0 Å². The second kappa shape index (κ2) is 4.04. The van der Waals surface area contributed by atoms with Crippen molar-refractivity contribution in [1.29, 1.82) is 0 Å². The van der Waals surface area contributed by atoms with Gasteiger partial charge in [0.15, 0.2) is 0 Å². The Kier molecular flexibility index (Phi) is 2.88. The number of rotatable bonds is 4. The van der Waals surface area contributed by atoms with E-state index in [1.54, 1.807) is 6.92 Å². The highest BCUT2D eigenvalue weighted by molar-refractivity contribution is 5.85. The van der Waals surface area contributed by atoms with Gasteiger partial charge in [-0.1, -0.05) is 38.1 Å². The Balaban J connectivity index is 2.09. The van der Waals surface area contributed by atoms with Gasteiger partial charge in [0.2, 0.25) is 0 Å². The number of carbonyl (C=O) groups is 1. The second-order valence-corrected chi connectivity index (χ2v) is 5.41. The normalized spacial score (nSPS) is 17.5. The number of Topliss-reactive ketones (excluding diaryl/α,β-unsaturated/α-hetero) is 1. The summed E-state index contributed by atoms with van der Waals surface area (Å²) >= 11 is 0. The van der Waals surface area contributed by atoms with Crippen LogP contribution in [0.3, 0.4) is 0 Å². The molecular weight excluding hydrogens is 196 g/mol. The van der Waals surface area contributed by atoms with Gasteiger partial charge in [0.1, 0.15) is 5.78 Å². The van der Waals surface area contributed by atoms with Crippen LogP contribution in [-0.4, -0.2) is 5.78 Å². The van der Waals surface area contributed by atoms with Gasteiger partial charge < -0.3 is 0 Å². The van der Waals surface area contributed by atoms with E-state index >= 15 is 0 Å². The summed E-state index contributed by atoms with van der Waals surface area (Å²) in [6.45, 7) is 6.13. The third-order valence-electron chi connectivity index (χ3n) is 3.79. The molecular formula is C15H20O. The standard InChI is InChI=1S/C15H20O/c1-11(2)14-6-4-13(5-7-14)10-15(8-9-15)12(3)16/h4-7,11H,8-10H2,1-3H3. The molecule has 1 heteroatoms. The smallest absolute Gasteiger partial charge is 0.136 e. The zero-order valence-electron chi connectivity index (χ0n) is 10.4. The Morgan fingerprint density at radius 1 is 1.25 bits per heavy atom. The predicted octanol–water partition coefficient (Wildman–Crippen LogP) is 3.72. The topological polar surface area (TPSA) is 17.1 Å². The van der Waals surface area contributed by atoms with E-state index in [2.05, 4.69) is 38.1 Å². The van der Waals surface area contributed by atoms with Crippen molar-refractivity contribution in [3.8, 4) is 0 Å². The van der Waals surface area contributed by atoms with Crippen LogP contribution in [-0.2, 0) is 11.2 Å². The van der Waals surface area contributed by atoms with E-state index in [1.807, 2.05) is 0 Å². The van der Waals surface area contributed by atoms with Crippen LogP contribution in [0.5, 0.6) is 0 Å². The van der Waals surface area contributed by atoms with Crippen LogP contribution in [0.25, 0.3) is 0 Å². The molecule has 0 N–H and O–H groups in total. The molecule has 86 valence electrons. The Labute approximate surface area is 97.9 Å². The van der Waals surface area contributed by atoms with Gasteiger partial charge in [-0.05, 0) is 43.2 Å². The van der Waals surface area contributed by atoms with Crippen molar-refractivity contribution in [3.63, 3.8) is 0 Å². The van der Waals surface area contributed by atoms with Gasteiger partial charge in [-0.2, -0.15) is 0 Å². The van der Waals surface area contributed by atoms with E-state index in [4.69, 9.17) is 0 Å². The van der Waals surface area contributed by atoms with Gasteiger partial charge in [0.05, 0.1) is 0 Å². The van der Waals surface area contributed by atoms with Crippen molar-refractivity contribution in [3.05, 3.63) is 35.4 Å². The first kappa shape index (κ1) is 11.4. The molecule has 1 fully saturated rings. The van der Waals surface area contributed by atoms with Crippen molar-refractivity contribution >= 4 is 5.78 Å². The van der Waals surface area contributed by atoms with Crippen LogP contribution in [0.15, 0.2) is 24.3 Å². The van der Waals surface area contributed by atoms with Gasteiger partial charge >= 0.3 is 0 Å². The first-order valence-electron chi connectivity index (χ1n) is 6.13. The lowest BCUT2D eigenvalue weighted by Gasteiger charge is -2.12. The van der Waals surface area contributed by atoms with Gasteiger partial charge in [-0.25, -0.2) is 0 Å². The number of hydrogen-bond acceptors (Lipinski definition) is 1. The third-order valence-corrected chi connectivity index (χ3v) is 3.79. The maximum atomic E-state index is 11.5. The molecule has 0 bridgehead atoms. The minimum Gasteiger partial charge on any atom is -0.299 e. The fourth-order valence-corrected chi connectivity index (χ4v) is 2.22. The molecule has 0 aromatic heterocycles. The van der Waals surface area contributed by atoms with Crippen LogP contribution in [0.4, 0.5) is 0 Å². The maximum absolute atomic E-state index is 11.5. The molecule has 1 saturated carbocycles. The van der Waals surface area contributed by atoms with Gasteiger partial charge in [-0.15, -0.1) is 0 Å². The molecule has 0 spiro atoms. The monoisotopic (exact) mass is 216 g/mol. The van der Waals surface area contributed by atoms with Gasteiger partial charge in [0, 0.05) is 5.41 Å². The molecule has 1 aromatic carbocycles. The summed E-state index contributed by atoms with van der Waals surface area (Å²) < 4.78 is 0. The Morgan fingerprint density at radius 2 is 1.81 bits per heavy atom. The molecule has 0 radical (unpaired) electrons. The SMILES string of the molecule is CC(=O)C1(Cc2ccc(C(C)C)cc2)CC1. The van der Waals surface area contributed by atoms with Crippen molar-refractivity contribution in [2.24, 2.45) is 5.41 Å². The summed E-state index contributed by atoms with van der Waals surface area (Å²) in [5.74, 6) is 0.942. The molecule has 1 aliphatic rings. The fourth-order valence-electron chi connectivity index (χ4n) is 2.22. The Hall–Kier alpha value is -1.11. The molecule has 1 aliphatic carbocycles. The second-order valence-electron chi connectivity index (χ2n) is 5.41. The Bertz CT molecular complexity index is 382. The minimum absolute atomic E-state index is 0.000647. The molecule has 0 saturated heterocycles. The summed E-state index contributed by atoms with van der Waals surface area (Å²) in [5.41, 5.74) is 2.67. The molecule has 0 atom stereocenters. The first-order valence-corrected chi connectivity index (χ1v) is 6.13. The van der Waals surface area contributed by atoms with Crippen molar-refractivity contribution in [2.75, 3.05) is 0 Å². The molecule has 1 aromatic rings. The van der Waals surface area contributed by atoms with E-state index in [-0.39, 0.29) is 5.41 Å². The number of carbonyl (C=O) groups excluding carboxylic acids is 1. The summed E-state index contributed by atoms with van der Waals surface area (Å²) in [5, 5.41) is 0. The van der Waals surface area contributed by atoms with Crippen molar-refractivity contribution < 1.29 is 4.79 Å². The minimum atomic E-state index is -0.000647. The largest absolute Gasteiger partial charge is 0.299 e. The van der Waals surface area contributed by atoms with Crippen LogP contribution in [0.1, 0.15) is 50.7 Å². The van der Waals surface area contributed by atoms with E-state index in [0.29, 0.717) is 11.7 Å². The van der Waals surface area contributed by atoms with Crippen molar-refractivity contribution in [2.45, 2.75) is 46.0 Å². The van der Waals surface area contributed by atoms with E-state index in [9.17, 15) is 4.79 Å². The van der Waals surface area contributed by atoms with E-state index < -0.39 is 0 Å². The molecule has 16 heavy (non-hydrogen) atoms. The van der Waals surface area contributed by atoms with Gasteiger partial charge in [-0.3, -0.25) is 4.79 Å². The predicted molar refractivity (Wildman–Crippen MR) is 66.6 cm³/mol. The average Bonchev–Trinajstić information content (AvgIpc) is 3.00. The highest BCUT2D eigenvalue weighted by Crippen LogP contribution is 2.49. The number of hydrogen-bond donors (Lipinski definition) is 0. The highest BCUT2D eigenvalue weighted by Gasteiger charge is 2.46. The lowest BCUT2D eigenvalue weighted by molar-refractivity contribution is -0.121. The molecule has 0 amide bonds. The summed E-state index contributed by atoms with van der Waals surface area (Å²) in [6, 6.07) is 8.74. The highest BCUT2D eigenvalue weighted by atomic mass is 16.1. The Morgan fingerprint density at radius 3 is 2.19 bits per heavy atom. The summed E-state index contributed by atoms with van der Waals surface area (Å²) in [6.07, 6.45) is 3.09. The fraction of sp³-hybridized carbons (Fsp3) is 0.533. The van der Waals surface area contributed by atoms with E-state index in [0.717, 1.165) is 19.3 Å². The van der Waals surface area contributed by atoms with Crippen LogP contribution >= 0.6 is 0 Å².